The lowest BCUT2D eigenvalue weighted by Crippen LogP contribution is -2.47. The molecule has 1 aliphatic carbocycles. The van der Waals surface area contributed by atoms with Gasteiger partial charge in [-0.1, -0.05) is 32.0 Å². The van der Waals surface area contributed by atoms with Crippen molar-refractivity contribution >= 4 is 5.69 Å². The van der Waals surface area contributed by atoms with Crippen molar-refractivity contribution in [1.29, 1.82) is 0 Å². The van der Waals surface area contributed by atoms with Gasteiger partial charge in [0.2, 0.25) is 0 Å². The van der Waals surface area contributed by atoms with Crippen molar-refractivity contribution in [3.63, 3.8) is 0 Å². The molecule has 2 rings (SSSR count). The molecule has 18 heavy (non-hydrogen) atoms. The summed E-state index contributed by atoms with van der Waals surface area (Å²) in [5.74, 6) is 1.44. The average Bonchev–Trinajstić information content (AvgIpc) is 2.37. The fourth-order valence-electron chi connectivity index (χ4n) is 3.00. The minimum absolute atomic E-state index is 0.127. The Balaban J connectivity index is 2.16. The minimum atomic E-state index is -0.127. The van der Waals surface area contributed by atoms with Crippen molar-refractivity contribution in [2.75, 3.05) is 11.9 Å². The Bertz CT molecular complexity index is 404. The molecule has 0 radical (unpaired) electrons. The molecule has 1 fully saturated rings. The summed E-state index contributed by atoms with van der Waals surface area (Å²) in [5, 5.41) is 13.4. The molecular weight excluding hydrogens is 222 g/mol. The van der Waals surface area contributed by atoms with Crippen LogP contribution in [0.1, 0.15) is 38.7 Å². The van der Waals surface area contributed by atoms with E-state index in [1.807, 2.05) is 0 Å². The van der Waals surface area contributed by atoms with Crippen LogP contribution in [0.3, 0.4) is 0 Å². The van der Waals surface area contributed by atoms with E-state index in [2.05, 4.69) is 50.4 Å². The summed E-state index contributed by atoms with van der Waals surface area (Å²) < 4.78 is 0. The highest BCUT2D eigenvalue weighted by Crippen LogP contribution is 2.38. The SMILES string of the molecule is Cc1ccccc1NC1(CO)CCC(C)C(C)C1. The van der Waals surface area contributed by atoms with Crippen molar-refractivity contribution in [1.82, 2.24) is 0 Å². The standard InChI is InChI=1S/C16H25NO/c1-12-8-9-16(11-18,10-14(12)3)17-15-7-5-4-6-13(15)2/h4-7,12,14,17-18H,8-11H2,1-3H3. The number of hydrogen-bond acceptors (Lipinski definition) is 2. The van der Waals surface area contributed by atoms with Gasteiger partial charge in [-0.05, 0) is 49.7 Å². The summed E-state index contributed by atoms with van der Waals surface area (Å²) in [7, 11) is 0. The van der Waals surface area contributed by atoms with Crippen molar-refractivity contribution in [2.45, 2.75) is 45.6 Å². The lowest BCUT2D eigenvalue weighted by Gasteiger charge is -2.43. The molecule has 2 heteroatoms. The van der Waals surface area contributed by atoms with E-state index in [-0.39, 0.29) is 12.1 Å². The Morgan fingerprint density at radius 3 is 2.61 bits per heavy atom. The van der Waals surface area contributed by atoms with E-state index in [4.69, 9.17) is 0 Å². The molecule has 0 aliphatic heterocycles. The summed E-state index contributed by atoms with van der Waals surface area (Å²) in [5.41, 5.74) is 2.28. The van der Waals surface area contributed by atoms with Gasteiger partial charge in [0.25, 0.3) is 0 Å². The van der Waals surface area contributed by atoms with E-state index < -0.39 is 0 Å². The molecule has 0 aromatic heterocycles. The molecule has 0 bridgehead atoms. The highest BCUT2D eigenvalue weighted by atomic mass is 16.3. The van der Waals surface area contributed by atoms with Crippen LogP contribution in [0.2, 0.25) is 0 Å². The van der Waals surface area contributed by atoms with Crippen LogP contribution >= 0.6 is 0 Å². The normalized spacial score (nSPS) is 32.2. The number of hydrogen-bond donors (Lipinski definition) is 2. The Morgan fingerprint density at radius 2 is 2.00 bits per heavy atom. The van der Waals surface area contributed by atoms with E-state index in [1.165, 1.54) is 12.0 Å². The first-order valence-corrected chi connectivity index (χ1v) is 7.01. The Kier molecular flexibility index (Phi) is 3.96. The van der Waals surface area contributed by atoms with Crippen LogP contribution < -0.4 is 5.32 Å². The zero-order valence-corrected chi connectivity index (χ0v) is 11.7. The second-order valence-corrected chi connectivity index (χ2v) is 6.08. The summed E-state index contributed by atoms with van der Waals surface area (Å²) >= 11 is 0. The van der Waals surface area contributed by atoms with Gasteiger partial charge in [-0.25, -0.2) is 0 Å². The Hall–Kier alpha value is -1.02. The van der Waals surface area contributed by atoms with Crippen LogP contribution in [0.5, 0.6) is 0 Å². The predicted octanol–water partition coefficient (Wildman–Crippen LogP) is 3.59. The molecule has 1 saturated carbocycles. The summed E-state index contributed by atoms with van der Waals surface area (Å²) in [6.07, 6.45) is 3.31. The lowest BCUT2D eigenvalue weighted by atomic mass is 9.71. The number of rotatable bonds is 3. The third kappa shape index (κ3) is 2.69. The van der Waals surface area contributed by atoms with Crippen molar-refractivity contribution in [3.05, 3.63) is 29.8 Å². The number of nitrogens with one attached hydrogen (secondary N) is 1. The zero-order chi connectivity index (χ0) is 13.2. The van der Waals surface area contributed by atoms with Crippen molar-refractivity contribution in [3.8, 4) is 0 Å². The molecular formula is C16H25NO. The zero-order valence-electron chi connectivity index (χ0n) is 11.7. The number of aliphatic hydroxyl groups excluding tert-OH is 1. The third-order valence-corrected chi connectivity index (χ3v) is 4.61. The molecule has 3 atom stereocenters. The largest absolute Gasteiger partial charge is 0.394 e. The first-order valence-electron chi connectivity index (χ1n) is 7.01. The maximum atomic E-state index is 9.84. The molecule has 1 aliphatic rings. The van der Waals surface area contributed by atoms with Crippen LogP contribution in [0.25, 0.3) is 0 Å². The van der Waals surface area contributed by atoms with Gasteiger partial charge in [0.15, 0.2) is 0 Å². The number of anilines is 1. The van der Waals surface area contributed by atoms with Crippen molar-refractivity contribution in [2.24, 2.45) is 11.8 Å². The van der Waals surface area contributed by atoms with E-state index in [9.17, 15) is 5.11 Å². The molecule has 1 aromatic rings. The molecule has 0 amide bonds. The van der Waals surface area contributed by atoms with Crippen LogP contribution in [0.15, 0.2) is 24.3 Å². The van der Waals surface area contributed by atoms with Gasteiger partial charge in [-0.3, -0.25) is 0 Å². The molecule has 0 heterocycles. The van der Waals surface area contributed by atoms with Gasteiger partial charge >= 0.3 is 0 Å². The minimum Gasteiger partial charge on any atom is -0.394 e. The van der Waals surface area contributed by atoms with Crippen LogP contribution in [0, 0.1) is 18.8 Å². The van der Waals surface area contributed by atoms with Gasteiger partial charge in [-0.15, -0.1) is 0 Å². The lowest BCUT2D eigenvalue weighted by molar-refractivity contribution is 0.121. The van der Waals surface area contributed by atoms with E-state index in [0.29, 0.717) is 5.92 Å². The first kappa shape index (κ1) is 13.4. The fourth-order valence-corrected chi connectivity index (χ4v) is 3.00. The predicted molar refractivity (Wildman–Crippen MR) is 76.8 cm³/mol. The number of para-hydroxylation sites is 1. The fraction of sp³-hybridized carbons (Fsp3) is 0.625. The number of aryl methyl sites for hydroxylation is 1. The summed E-state index contributed by atoms with van der Waals surface area (Å²) in [4.78, 5) is 0. The Morgan fingerprint density at radius 1 is 1.28 bits per heavy atom. The van der Waals surface area contributed by atoms with E-state index in [0.717, 1.165) is 24.4 Å². The molecule has 0 spiro atoms. The second-order valence-electron chi connectivity index (χ2n) is 6.08. The number of benzene rings is 1. The molecule has 1 aromatic carbocycles. The topological polar surface area (TPSA) is 32.3 Å². The van der Waals surface area contributed by atoms with Gasteiger partial charge in [0, 0.05) is 5.69 Å². The van der Waals surface area contributed by atoms with Crippen LogP contribution in [-0.2, 0) is 0 Å². The second kappa shape index (κ2) is 5.31. The Labute approximate surface area is 110 Å². The van der Waals surface area contributed by atoms with Gasteiger partial charge in [0.1, 0.15) is 0 Å². The highest BCUT2D eigenvalue weighted by Gasteiger charge is 2.37. The van der Waals surface area contributed by atoms with Crippen LogP contribution in [-0.4, -0.2) is 17.3 Å². The quantitative estimate of drug-likeness (QED) is 0.855. The summed E-state index contributed by atoms with van der Waals surface area (Å²) in [6.45, 7) is 6.95. The summed E-state index contributed by atoms with van der Waals surface area (Å²) in [6, 6.07) is 8.32. The maximum absolute atomic E-state index is 9.84. The average molecular weight is 247 g/mol. The molecule has 0 saturated heterocycles. The van der Waals surface area contributed by atoms with Gasteiger partial charge in [-0.2, -0.15) is 0 Å². The smallest absolute Gasteiger partial charge is 0.0661 e. The monoisotopic (exact) mass is 247 g/mol. The maximum Gasteiger partial charge on any atom is 0.0661 e. The van der Waals surface area contributed by atoms with Gasteiger partial charge in [0.05, 0.1) is 12.1 Å². The highest BCUT2D eigenvalue weighted by molar-refractivity contribution is 5.52. The van der Waals surface area contributed by atoms with E-state index in [1.54, 1.807) is 0 Å². The third-order valence-electron chi connectivity index (χ3n) is 4.61. The molecule has 2 nitrogen and oxygen atoms in total. The van der Waals surface area contributed by atoms with Gasteiger partial charge < -0.3 is 10.4 Å². The van der Waals surface area contributed by atoms with E-state index >= 15 is 0 Å². The molecule has 3 unspecified atom stereocenters. The first-order chi connectivity index (χ1) is 8.56. The van der Waals surface area contributed by atoms with Crippen LogP contribution in [0.4, 0.5) is 5.69 Å². The molecule has 100 valence electrons. The molecule has 2 N–H and O–H groups in total. The van der Waals surface area contributed by atoms with Crippen molar-refractivity contribution < 1.29 is 5.11 Å². The number of aliphatic hydroxyl groups is 1.